The van der Waals surface area contributed by atoms with Gasteiger partial charge in [-0.25, -0.2) is 13.1 Å². The minimum absolute atomic E-state index is 0.0302. The van der Waals surface area contributed by atoms with Gasteiger partial charge in [-0.1, -0.05) is 36.7 Å². The van der Waals surface area contributed by atoms with Crippen LogP contribution in [-0.4, -0.2) is 66.1 Å². The number of thioether (sulfide) groups is 2. The predicted molar refractivity (Wildman–Crippen MR) is 193 cm³/mol. The number of carbonyl (C=O) groups excluding carboxylic acids is 1. The monoisotopic (exact) mass is 716 g/mol. The van der Waals surface area contributed by atoms with Gasteiger partial charge >= 0.3 is 0 Å². The first-order valence-corrected chi connectivity index (χ1v) is 21.0. The fourth-order valence-corrected chi connectivity index (χ4v) is 13.0. The highest BCUT2D eigenvalue weighted by Crippen LogP contribution is 2.53. The summed E-state index contributed by atoms with van der Waals surface area (Å²) in [6.45, 7) is 5.44. The molecule has 2 aliphatic carbocycles. The number of carbonyl (C=O) groups is 1. The molecule has 6 atom stereocenters. The number of rotatable bonds is 1. The van der Waals surface area contributed by atoms with Gasteiger partial charge in [0, 0.05) is 29.1 Å². The topological polar surface area (TPSA) is 95.9 Å². The third-order valence-corrected chi connectivity index (χ3v) is 16.8. The van der Waals surface area contributed by atoms with Crippen LogP contribution in [0.15, 0.2) is 48.6 Å². The van der Waals surface area contributed by atoms with Gasteiger partial charge in [0.25, 0.3) is 5.91 Å². The molecule has 2 N–H and O–H groups in total. The molecule has 0 unspecified atom stereocenters. The average Bonchev–Trinajstić information content (AvgIpc) is 3.19. The van der Waals surface area contributed by atoms with Crippen molar-refractivity contribution in [2.45, 2.75) is 79.6 Å². The molecular weight excluding hydrogens is 672 g/mol. The maximum atomic E-state index is 13.5. The molecular formula is C36H45ClN2O5S3. The fourth-order valence-electron chi connectivity index (χ4n) is 8.32. The van der Waals surface area contributed by atoms with E-state index in [4.69, 9.17) is 16.3 Å². The first-order chi connectivity index (χ1) is 22.5. The summed E-state index contributed by atoms with van der Waals surface area (Å²) in [5.41, 5.74) is 2.32. The van der Waals surface area contributed by atoms with E-state index in [0.717, 1.165) is 60.7 Å². The van der Waals surface area contributed by atoms with E-state index in [1.165, 1.54) is 11.1 Å². The molecule has 2 aromatic rings. The summed E-state index contributed by atoms with van der Waals surface area (Å²) >= 11 is 10.2. The summed E-state index contributed by atoms with van der Waals surface area (Å²) in [5, 5.41) is 12.6. The molecule has 1 saturated carbocycles. The number of fused-ring (bicyclic) bond motifs is 4. The zero-order valence-electron chi connectivity index (χ0n) is 27.1. The lowest BCUT2D eigenvalue weighted by molar-refractivity contribution is -0.0333. The number of benzene rings is 2. The van der Waals surface area contributed by atoms with Gasteiger partial charge in [-0.3, -0.25) is 4.79 Å². The number of anilines is 1. The van der Waals surface area contributed by atoms with Crippen LogP contribution in [0.25, 0.3) is 0 Å². The van der Waals surface area contributed by atoms with Crippen molar-refractivity contribution in [2.24, 2.45) is 17.8 Å². The first-order valence-electron chi connectivity index (χ1n) is 17.0. The van der Waals surface area contributed by atoms with Gasteiger partial charge in [0.05, 0.1) is 22.1 Å². The fraction of sp³-hybridized carbons (Fsp3) is 0.583. The number of nitrogens with zero attached hydrogens (tertiary/aromatic N) is 1. The van der Waals surface area contributed by atoms with Crippen LogP contribution in [0.2, 0.25) is 5.02 Å². The van der Waals surface area contributed by atoms with Crippen molar-refractivity contribution in [1.29, 1.82) is 0 Å². The molecule has 2 fully saturated rings. The summed E-state index contributed by atoms with van der Waals surface area (Å²) in [7, 11) is -3.95. The van der Waals surface area contributed by atoms with Crippen LogP contribution in [0.1, 0.15) is 73.9 Å². The second-order valence-electron chi connectivity index (χ2n) is 14.3. The number of amides is 1. The number of sulfonamides is 1. The maximum absolute atomic E-state index is 13.5. The Kier molecular flexibility index (Phi) is 9.39. The summed E-state index contributed by atoms with van der Waals surface area (Å²) in [4.78, 5) is 15.9. The number of halogens is 1. The normalized spacial score (nSPS) is 35.0. The Hall–Kier alpha value is -1.85. The van der Waals surface area contributed by atoms with Crippen LogP contribution in [0.3, 0.4) is 0 Å². The standard InChI is InChI=1S/C36H45ClN2O5S3/c1-23-6-3-15-36(41,34-45-16-5-17-46-34)30-11-8-27(30)20-39-21-35(14-4-7-25-18-28(37)10-12-29(25)35)22-44-32-13-9-26(19-31(32)39)33(40)38-47(42,43)24(23)2/h3,9-10,12-13,15,18-19,23-24,27,30,34,41H,4-8,11,14,16-17,20-22H2,1-2H3,(H,38,40)/b15-3-/t23-,24+,27-,30+,35-,36+/m0/s1. The Labute approximate surface area is 292 Å². The van der Waals surface area contributed by atoms with Gasteiger partial charge < -0.3 is 14.7 Å². The number of aliphatic hydroxyl groups is 1. The van der Waals surface area contributed by atoms with Crippen LogP contribution in [0.4, 0.5) is 5.69 Å². The summed E-state index contributed by atoms with van der Waals surface area (Å²) in [6.07, 6.45) is 10.5. The number of aryl methyl sites for hydroxylation is 1. The Morgan fingerprint density at radius 3 is 2.66 bits per heavy atom. The minimum Gasteiger partial charge on any atom is -0.490 e. The minimum atomic E-state index is -3.95. The molecule has 0 radical (unpaired) electrons. The number of ether oxygens (including phenoxy) is 1. The third kappa shape index (κ3) is 6.35. The van der Waals surface area contributed by atoms with Crippen molar-refractivity contribution in [1.82, 2.24) is 4.72 Å². The van der Waals surface area contributed by atoms with Gasteiger partial charge in [0.15, 0.2) is 0 Å². The molecule has 1 saturated heterocycles. The van der Waals surface area contributed by atoms with E-state index >= 15 is 0 Å². The molecule has 7 rings (SSSR count). The molecule has 2 bridgehead atoms. The molecule has 11 heteroatoms. The summed E-state index contributed by atoms with van der Waals surface area (Å²) in [6, 6.07) is 11.5. The van der Waals surface area contributed by atoms with Crippen molar-refractivity contribution >= 4 is 56.7 Å². The summed E-state index contributed by atoms with van der Waals surface area (Å²) in [5.74, 6) is 2.18. The number of hydrogen-bond donors (Lipinski definition) is 2. The number of allylic oxidation sites excluding steroid dienone is 1. The van der Waals surface area contributed by atoms with Gasteiger partial charge in [-0.2, -0.15) is 0 Å². The van der Waals surface area contributed by atoms with Gasteiger partial charge in [-0.15, -0.1) is 23.5 Å². The molecule has 3 heterocycles. The Bertz CT molecular complexity index is 1660. The Balaban J connectivity index is 1.32. The van der Waals surface area contributed by atoms with E-state index < -0.39 is 26.8 Å². The van der Waals surface area contributed by atoms with E-state index in [1.807, 2.05) is 54.7 Å². The van der Waals surface area contributed by atoms with E-state index in [1.54, 1.807) is 19.1 Å². The molecule has 2 aromatic carbocycles. The van der Waals surface area contributed by atoms with Crippen LogP contribution >= 0.6 is 35.1 Å². The molecule has 254 valence electrons. The highest BCUT2D eigenvalue weighted by molar-refractivity contribution is 8.17. The van der Waals surface area contributed by atoms with Gasteiger partial charge in [-0.05, 0) is 123 Å². The van der Waals surface area contributed by atoms with Gasteiger partial charge in [0.2, 0.25) is 10.0 Å². The molecule has 0 aromatic heterocycles. The molecule has 5 aliphatic rings. The maximum Gasteiger partial charge on any atom is 0.264 e. The lowest BCUT2D eigenvalue weighted by Crippen LogP contribution is -2.55. The van der Waals surface area contributed by atoms with Crippen molar-refractivity contribution in [3.8, 4) is 5.75 Å². The van der Waals surface area contributed by atoms with Crippen LogP contribution in [-0.2, 0) is 21.9 Å². The smallest absolute Gasteiger partial charge is 0.264 e. The highest BCUT2D eigenvalue weighted by Gasteiger charge is 2.52. The highest BCUT2D eigenvalue weighted by atomic mass is 35.5. The molecule has 7 nitrogen and oxygen atoms in total. The SMILES string of the molecule is C[C@@H]1[C@@H](C)C/C=C\[C@](O)(C2SCCCS2)[C@@H]2CC[C@H]2CN2C[C@@]3(CCCc4cc(Cl)ccc43)COc3ccc(cc32)C(=O)NS1(=O)=O. The largest absolute Gasteiger partial charge is 0.490 e. The van der Waals surface area contributed by atoms with E-state index in [-0.39, 0.29) is 33.3 Å². The Morgan fingerprint density at radius 2 is 1.89 bits per heavy atom. The molecule has 1 amide bonds. The van der Waals surface area contributed by atoms with Crippen molar-refractivity contribution in [3.05, 3.63) is 70.3 Å². The van der Waals surface area contributed by atoms with Crippen molar-refractivity contribution in [2.75, 3.05) is 36.1 Å². The zero-order chi connectivity index (χ0) is 33.0. The van der Waals surface area contributed by atoms with Gasteiger partial charge in [0.1, 0.15) is 11.4 Å². The first kappa shape index (κ1) is 33.6. The molecule has 1 spiro atoms. The average molecular weight is 717 g/mol. The zero-order valence-corrected chi connectivity index (χ0v) is 30.3. The summed E-state index contributed by atoms with van der Waals surface area (Å²) < 4.78 is 35.9. The lowest BCUT2D eigenvalue weighted by Gasteiger charge is -2.51. The number of hydrogen-bond acceptors (Lipinski definition) is 8. The van der Waals surface area contributed by atoms with Crippen molar-refractivity contribution < 1.29 is 23.1 Å². The molecule has 47 heavy (non-hydrogen) atoms. The lowest BCUT2D eigenvalue weighted by atomic mass is 9.64. The molecule has 3 aliphatic heterocycles. The van der Waals surface area contributed by atoms with E-state index in [2.05, 4.69) is 21.8 Å². The Morgan fingerprint density at radius 1 is 1.09 bits per heavy atom. The van der Waals surface area contributed by atoms with Crippen LogP contribution in [0, 0.1) is 17.8 Å². The third-order valence-electron chi connectivity index (χ3n) is 11.4. The number of nitrogens with one attached hydrogen (secondary N) is 1. The van der Waals surface area contributed by atoms with E-state index in [9.17, 15) is 18.3 Å². The second kappa shape index (κ2) is 13.1. The van der Waals surface area contributed by atoms with Crippen molar-refractivity contribution in [3.63, 3.8) is 0 Å². The quantitative estimate of drug-likeness (QED) is 0.311. The second-order valence-corrected chi connectivity index (χ2v) is 19.5. The van der Waals surface area contributed by atoms with Crippen LogP contribution < -0.4 is 14.4 Å². The van der Waals surface area contributed by atoms with E-state index in [0.29, 0.717) is 31.9 Å². The van der Waals surface area contributed by atoms with Crippen LogP contribution in [0.5, 0.6) is 5.75 Å². The predicted octanol–water partition coefficient (Wildman–Crippen LogP) is 6.81.